The van der Waals surface area contributed by atoms with Gasteiger partial charge in [0.15, 0.2) is 0 Å². The van der Waals surface area contributed by atoms with Crippen molar-refractivity contribution in [3.8, 4) is 0 Å². The predicted molar refractivity (Wildman–Crippen MR) is 113 cm³/mol. The van der Waals surface area contributed by atoms with E-state index in [9.17, 15) is 0 Å². The Bertz CT molecular complexity index is 1340. The zero-order chi connectivity index (χ0) is 17.2. The molecule has 5 aromatic rings. The maximum Gasteiger partial charge on any atom is 0.146 e. The molecule has 5 rings (SSSR count). The van der Waals surface area contributed by atoms with Crippen LogP contribution in [0.4, 0.5) is 0 Å². The average Bonchev–Trinajstić information content (AvgIpc) is 3.01. The van der Waals surface area contributed by atoms with E-state index >= 15 is 0 Å². The van der Waals surface area contributed by atoms with E-state index in [2.05, 4.69) is 78.4 Å². The van der Waals surface area contributed by atoms with Gasteiger partial charge in [0.1, 0.15) is 5.65 Å². The lowest BCUT2D eigenvalue weighted by atomic mass is 10.1. The molecule has 0 unspecified atom stereocenters. The van der Waals surface area contributed by atoms with Gasteiger partial charge in [-0.2, -0.15) is 0 Å². The van der Waals surface area contributed by atoms with Gasteiger partial charge in [-0.05, 0) is 48.3 Å². The minimum Gasteiger partial charge on any atom is -0.292 e. The molecule has 0 saturated heterocycles. The van der Waals surface area contributed by atoms with Crippen molar-refractivity contribution in [1.82, 2.24) is 9.38 Å². The van der Waals surface area contributed by atoms with E-state index < -0.39 is 6.04 Å². The molecule has 0 aliphatic carbocycles. The van der Waals surface area contributed by atoms with Gasteiger partial charge in [-0.15, -0.1) is 0 Å². The zero-order valence-electron chi connectivity index (χ0n) is 14.1. The van der Waals surface area contributed by atoms with Gasteiger partial charge in [0.05, 0.1) is 16.6 Å². The highest BCUT2D eigenvalue weighted by Crippen LogP contribution is 2.38. The Morgan fingerprint density at radius 1 is 0.800 bits per heavy atom. The van der Waals surface area contributed by atoms with Gasteiger partial charge in [-0.25, -0.2) is 4.98 Å². The van der Waals surface area contributed by atoms with Crippen molar-refractivity contribution in [3.05, 3.63) is 66.7 Å². The number of benzene rings is 3. The molecule has 0 N–H and O–H groups in total. The maximum absolute atomic E-state index is 5.79. The minimum absolute atomic E-state index is 1.02. The van der Waals surface area contributed by atoms with E-state index in [4.69, 9.17) is 16.8 Å². The summed E-state index contributed by atoms with van der Waals surface area (Å²) < 4.78 is 2.29. The molecule has 0 bridgehead atoms. The molecule has 3 aromatic carbocycles. The van der Waals surface area contributed by atoms with Crippen LogP contribution in [0.5, 0.6) is 0 Å². The quantitative estimate of drug-likeness (QED) is 0.303. The first-order valence-corrected chi connectivity index (χ1v) is 12.0. The number of nitrogens with zero attached hydrogens (tertiary/aromatic N) is 2. The first kappa shape index (κ1) is 15.1. The fraction of sp³-hybridized carbons (Fsp3) is 0.0952. The van der Waals surface area contributed by atoms with Crippen LogP contribution in [0.25, 0.3) is 38.4 Å². The summed E-state index contributed by atoms with van der Waals surface area (Å²) in [6.07, 6.45) is 0. The molecule has 4 heteroatoms. The first-order valence-electron chi connectivity index (χ1n) is 8.31. The molecule has 0 fully saturated rings. The van der Waals surface area contributed by atoms with Crippen LogP contribution in [0.15, 0.2) is 66.7 Å². The molecule has 0 saturated carbocycles. The Morgan fingerprint density at radius 2 is 1.52 bits per heavy atom. The van der Waals surface area contributed by atoms with Crippen LogP contribution in [0, 0.1) is 0 Å². The van der Waals surface area contributed by atoms with Gasteiger partial charge in [-0.3, -0.25) is 4.40 Å². The SMILES string of the molecule is CP(C)(=S)c1ccc2c3ccccc3c3nc4ccccc4n3c2c1. The molecule has 2 heterocycles. The maximum atomic E-state index is 5.79. The van der Waals surface area contributed by atoms with E-state index in [0.717, 1.165) is 16.7 Å². The summed E-state index contributed by atoms with van der Waals surface area (Å²) >= 11 is 5.79. The molecule has 122 valence electrons. The van der Waals surface area contributed by atoms with Crippen molar-refractivity contribution >= 4 is 61.5 Å². The van der Waals surface area contributed by atoms with Gasteiger partial charge in [0.2, 0.25) is 0 Å². The lowest BCUT2D eigenvalue weighted by Gasteiger charge is -2.14. The van der Waals surface area contributed by atoms with Crippen molar-refractivity contribution in [2.75, 3.05) is 13.3 Å². The van der Waals surface area contributed by atoms with Crippen LogP contribution >= 0.6 is 6.04 Å². The topological polar surface area (TPSA) is 17.3 Å². The van der Waals surface area contributed by atoms with Gasteiger partial charge in [-0.1, -0.05) is 60.3 Å². The summed E-state index contributed by atoms with van der Waals surface area (Å²) in [5, 5.41) is 4.95. The molecular formula is C21H17N2PS. The van der Waals surface area contributed by atoms with Gasteiger partial charge < -0.3 is 0 Å². The van der Waals surface area contributed by atoms with Crippen LogP contribution in [0.1, 0.15) is 0 Å². The summed E-state index contributed by atoms with van der Waals surface area (Å²) in [5.41, 5.74) is 4.38. The van der Waals surface area contributed by atoms with Crippen LogP contribution in [0.2, 0.25) is 0 Å². The molecule has 0 atom stereocenters. The molecule has 2 nitrogen and oxygen atoms in total. The van der Waals surface area contributed by atoms with Crippen molar-refractivity contribution in [2.45, 2.75) is 0 Å². The molecule has 0 amide bonds. The summed E-state index contributed by atoms with van der Waals surface area (Å²) in [6.45, 7) is 4.38. The van der Waals surface area contributed by atoms with Gasteiger partial charge >= 0.3 is 0 Å². The second-order valence-electron chi connectivity index (χ2n) is 6.86. The van der Waals surface area contributed by atoms with Crippen molar-refractivity contribution in [1.29, 1.82) is 0 Å². The summed E-state index contributed by atoms with van der Waals surface area (Å²) in [5.74, 6) is 0. The lowest BCUT2D eigenvalue weighted by Crippen LogP contribution is -2.04. The van der Waals surface area contributed by atoms with Crippen LogP contribution in [0.3, 0.4) is 0 Å². The third-order valence-electron chi connectivity index (χ3n) is 4.86. The highest BCUT2D eigenvalue weighted by Gasteiger charge is 2.15. The number of hydrogen-bond acceptors (Lipinski definition) is 2. The van der Waals surface area contributed by atoms with Gasteiger partial charge in [0.25, 0.3) is 0 Å². The molecule has 0 aliphatic rings. The predicted octanol–water partition coefficient (Wildman–Crippen LogP) is 5.16. The molecule has 0 radical (unpaired) electrons. The average molecular weight is 360 g/mol. The number of rotatable bonds is 1. The molecule has 25 heavy (non-hydrogen) atoms. The number of fused-ring (bicyclic) bond motifs is 8. The van der Waals surface area contributed by atoms with Crippen molar-refractivity contribution in [3.63, 3.8) is 0 Å². The van der Waals surface area contributed by atoms with E-state index in [0.29, 0.717) is 0 Å². The lowest BCUT2D eigenvalue weighted by molar-refractivity contribution is 1.32. The largest absolute Gasteiger partial charge is 0.292 e. The number of aromatic nitrogens is 2. The van der Waals surface area contributed by atoms with Crippen LogP contribution in [-0.4, -0.2) is 22.7 Å². The number of para-hydroxylation sites is 2. The highest BCUT2D eigenvalue weighted by molar-refractivity contribution is 8.17. The smallest absolute Gasteiger partial charge is 0.146 e. The second-order valence-corrected chi connectivity index (χ2v) is 12.8. The highest BCUT2D eigenvalue weighted by atomic mass is 32.4. The fourth-order valence-corrected chi connectivity index (χ4v) is 4.84. The Hall–Kier alpha value is -2.22. The van der Waals surface area contributed by atoms with E-state index in [-0.39, 0.29) is 0 Å². The normalized spacial score (nSPS) is 12.6. The Kier molecular flexibility index (Phi) is 3.10. The summed E-state index contributed by atoms with van der Waals surface area (Å²) in [4.78, 5) is 4.93. The summed E-state index contributed by atoms with van der Waals surface area (Å²) in [6, 6.07) is 22.1. The van der Waals surface area contributed by atoms with Crippen molar-refractivity contribution < 1.29 is 0 Å². The third-order valence-corrected chi connectivity index (χ3v) is 7.02. The van der Waals surface area contributed by atoms with E-state index in [1.165, 1.54) is 27.0 Å². The molecule has 0 aliphatic heterocycles. The molecular weight excluding hydrogens is 343 g/mol. The Morgan fingerprint density at radius 3 is 2.32 bits per heavy atom. The molecule has 0 spiro atoms. The first-order chi connectivity index (χ1) is 12.0. The summed E-state index contributed by atoms with van der Waals surface area (Å²) in [7, 11) is 0. The van der Waals surface area contributed by atoms with E-state index in [1.807, 2.05) is 6.07 Å². The monoisotopic (exact) mass is 360 g/mol. The Balaban J connectivity index is 2.13. The van der Waals surface area contributed by atoms with Crippen LogP contribution < -0.4 is 5.30 Å². The van der Waals surface area contributed by atoms with Gasteiger partial charge in [0, 0.05) is 10.8 Å². The van der Waals surface area contributed by atoms with E-state index in [1.54, 1.807) is 0 Å². The molecule has 2 aromatic heterocycles. The standard InChI is InChI=1S/C21H17N2PS/c1-24(2,25)14-11-12-16-15-7-3-4-8-17(15)21-22-18-9-5-6-10-19(18)23(21)20(16)13-14/h3-13H,1-2H3. The van der Waals surface area contributed by atoms with Crippen molar-refractivity contribution in [2.24, 2.45) is 0 Å². The minimum atomic E-state index is -1.50. The number of hydrogen-bond donors (Lipinski definition) is 0. The zero-order valence-corrected chi connectivity index (χ0v) is 15.8. The number of imidazole rings is 1. The third kappa shape index (κ3) is 2.16. The Labute approximate surface area is 151 Å². The number of pyridine rings is 1. The fourth-order valence-electron chi connectivity index (χ4n) is 3.63. The second kappa shape index (κ2) is 5.14. The van der Waals surface area contributed by atoms with Crippen LogP contribution in [-0.2, 0) is 11.8 Å².